The number of benzene rings is 7. The van der Waals surface area contributed by atoms with E-state index in [4.69, 9.17) is 24.9 Å². The van der Waals surface area contributed by atoms with E-state index in [0.717, 1.165) is 78.4 Å². The molecule has 0 bridgehead atoms. The number of hydrogen-bond donors (Lipinski definition) is 0. The predicted molar refractivity (Wildman–Crippen MR) is 224 cm³/mol. The molecule has 260 valence electrons. The van der Waals surface area contributed by atoms with Crippen LogP contribution in [-0.2, 0) is 0 Å². The van der Waals surface area contributed by atoms with Crippen LogP contribution in [0.1, 0.15) is 5.56 Å². The molecule has 0 aliphatic rings. The molecule has 0 radical (unpaired) electrons. The van der Waals surface area contributed by atoms with Crippen molar-refractivity contribution in [3.63, 3.8) is 0 Å². The first-order chi connectivity index (χ1) is 27.2. The Morgan fingerprint density at radius 2 is 0.564 bits per heavy atom. The Morgan fingerprint density at radius 1 is 0.255 bits per heavy atom. The van der Waals surface area contributed by atoms with E-state index in [2.05, 4.69) is 97.9 Å². The van der Waals surface area contributed by atoms with Crippen LogP contribution in [0.3, 0.4) is 0 Å². The zero-order valence-corrected chi connectivity index (χ0v) is 30.2. The summed E-state index contributed by atoms with van der Waals surface area (Å²) in [5.74, 6) is 1.92. The van der Waals surface area contributed by atoms with Gasteiger partial charge in [-0.1, -0.05) is 194 Å². The Kier molecular flexibility index (Phi) is 9.09. The standard InChI is InChI=1S/C50H35N5/c1-34-33-42(35-27-29-41(30-28-35)50-54-48(39-23-13-5-14-24-39)53-49(55-50)40-25-15-6-16-26-40)31-32-43(34)47-46(38-21-11-4-12-22-38)51-44(36-17-7-2-8-18-36)45(52-47)37-19-9-3-10-20-37/h2-33H,1H3. The van der Waals surface area contributed by atoms with Gasteiger partial charge in [0, 0.05) is 38.9 Å². The molecule has 5 heteroatoms. The van der Waals surface area contributed by atoms with Crippen LogP contribution in [0.2, 0.25) is 0 Å². The van der Waals surface area contributed by atoms with Gasteiger partial charge in [-0.25, -0.2) is 24.9 Å². The van der Waals surface area contributed by atoms with Gasteiger partial charge in [0.25, 0.3) is 0 Å². The zero-order valence-electron chi connectivity index (χ0n) is 30.2. The summed E-state index contributed by atoms with van der Waals surface area (Å²) in [6.45, 7) is 2.15. The maximum absolute atomic E-state index is 5.45. The van der Waals surface area contributed by atoms with Gasteiger partial charge in [0.1, 0.15) is 0 Å². The summed E-state index contributed by atoms with van der Waals surface area (Å²) < 4.78 is 0. The predicted octanol–water partition coefficient (Wildman–Crippen LogP) is 12.3. The Balaban J connectivity index is 1.11. The molecule has 0 fully saturated rings. The fraction of sp³-hybridized carbons (Fsp3) is 0.0200. The maximum atomic E-state index is 5.45. The van der Waals surface area contributed by atoms with Crippen LogP contribution in [0.15, 0.2) is 194 Å². The van der Waals surface area contributed by atoms with Crippen molar-refractivity contribution in [2.24, 2.45) is 0 Å². The topological polar surface area (TPSA) is 64.5 Å². The molecular weight excluding hydrogens is 671 g/mol. The molecule has 7 aromatic carbocycles. The molecule has 0 N–H and O–H groups in total. The minimum absolute atomic E-state index is 0.631. The van der Waals surface area contributed by atoms with E-state index < -0.39 is 0 Å². The lowest BCUT2D eigenvalue weighted by Gasteiger charge is -2.17. The van der Waals surface area contributed by atoms with Crippen molar-refractivity contribution in [3.8, 4) is 90.3 Å². The first-order valence-electron chi connectivity index (χ1n) is 18.3. The van der Waals surface area contributed by atoms with Crippen molar-refractivity contribution in [1.82, 2.24) is 24.9 Å². The van der Waals surface area contributed by atoms with Gasteiger partial charge in [0.05, 0.1) is 22.8 Å². The van der Waals surface area contributed by atoms with Gasteiger partial charge in [-0.3, -0.25) is 0 Å². The van der Waals surface area contributed by atoms with E-state index in [-0.39, 0.29) is 0 Å². The quantitative estimate of drug-likeness (QED) is 0.157. The monoisotopic (exact) mass is 705 g/mol. The molecular formula is C50H35N5. The van der Waals surface area contributed by atoms with Gasteiger partial charge in [0.15, 0.2) is 17.5 Å². The van der Waals surface area contributed by atoms with Crippen molar-refractivity contribution in [3.05, 3.63) is 200 Å². The molecule has 0 saturated heterocycles. The van der Waals surface area contributed by atoms with Gasteiger partial charge in [-0.2, -0.15) is 0 Å². The lowest BCUT2D eigenvalue weighted by molar-refractivity contribution is 1.07. The molecule has 2 heterocycles. The van der Waals surface area contributed by atoms with E-state index in [0.29, 0.717) is 17.5 Å². The molecule has 5 nitrogen and oxygen atoms in total. The van der Waals surface area contributed by atoms with Crippen molar-refractivity contribution >= 4 is 0 Å². The number of aromatic nitrogens is 5. The zero-order chi connectivity index (χ0) is 37.0. The highest BCUT2D eigenvalue weighted by molar-refractivity contribution is 5.88. The minimum Gasteiger partial charge on any atom is -0.243 e. The van der Waals surface area contributed by atoms with E-state index in [1.807, 2.05) is 103 Å². The summed E-state index contributed by atoms with van der Waals surface area (Å²) in [6, 6.07) is 66.1. The molecule has 55 heavy (non-hydrogen) atoms. The van der Waals surface area contributed by atoms with Crippen LogP contribution >= 0.6 is 0 Å². The highest BCUT2D eigenvalue weighted by Crippen LogP contribution is 2.39. The minimum atomic E-state index is 0.631. The van der Waals surface area contributed by atoms with Crippen molar-refractivity contribution < 1.29 is 0 Å². The molecule has 2 aromatic heterocycles. The summed E-state index contributed by atoms with van der Waals surface area (Å²) in [5.41, 5.74) is 13.6. The van der Waals surface area contributed by atoms with E-state index >= 15 is 0 Å². The van der Waals surface area contributed by atoms with Crippen molar-refractivity contribution in [2.45, 2.75) is 6.92 Å². The van der Waals surface area contributed by atoms with E-state index in [1.165, 1.54) is 0 Å². The van der Waals surface area contributed by atoms with Gasteiger partial charge in [-0.05, 0) is 23.6 Å². The third kappa shape index (κ3) is 6.95. The molecule has 0 aliphatic heterocycles. The first kappa shape index (κ1) is 33.5. The second kappa shape index (κ2) is 14.9. The third-order valence-corrected chi connectivity index (χ3v) is 9.69. The number of aryl methyl sites for hydroxylation is 1. The van der Waals surface area contributed by atoms with Crippen LogP contribution in [0.4, 0.5) is 0 Å². The number of rotatable bonds is 8. The normalized spacial score (nSPS) is 11.0. The Hall–Kier alpha value is -7.37. The van der Waals surface area contributed by atoms with Gasteiger partial charge >= 0.3 is 0 Å². The molecule has 0 atom stereocenters. The smallest absolute Gasteiger partial charge is 0.164 e. The summed E-state index contributed by atoms with van der Waals surface area (Å²) >= 11 is 0. The summed E-state index contributed by atoms with van der Waals surface area (Å²) in [6.07, 6.45) is 0. The molecule has 0 spiro atoms. The van der Waals surface area contributed by atoms with Crippen LogP contribution in [0.25, 0.3) is 90.3 Å². The van der Waals surface area contributed by atoms with Gasteiger partial charge in [-0.15, -0.1) is 0 Å². The highest BCUT2D eigenvalue weighted by Gasteiger charge is 2.21. The number of nitrogens with zero attached hydrogens (tertiary/aromatic N) is 5. The molecule has 9 aromatic rings. The molecule has 0 aliphatic carbocycles. The molecule has 0 unspecified atom stereocenters. The van der Waals surface area contributed by atoms with E-state index in [9.17, 15) is 0 Å². The third-order valence-electron chi connectivity index (χ3n) is 9.69. The SMILES string of the molecule is Cc1cc(-c2ccc(-c3nc(-c4ccccc4)nc(-c4ccccc4)n3)cc2)ccc1-c1nc(-c2ccccc2)c(-c2ccccc2)nc1-c1ccccc1. The summed E-state index contributed by atoms with van der Waals surface area (Å²) in [4.78, 5) is 25.5. The van der Waals surface area contributed by atoms with Crippen molar-refractivity contribution in [1.29, 1.82) is 0 Å². The molecule has 9 rings (SSSR count). The van der Waals surface area contributed by atoms with Crippen LogP contribution < -0.4 is 0 Å². The summed E-state index contributed by atoms with van der Waals surface area (Å²) in [5, 5.41) is 0. The van der Waals surface area contributed by atoms with Crippen molar-refractivity contribution in [2.75, 3.05) is 0 Å². The molecule has 0 saturated carbocycles. The second-order valence-corrected chi connectivity index (χ2v) is 13.4. The van der Waals surface area contributed by atoms with E-state index in [1.54, 1.807) is 0 Å². The van der Waals surface area contributed by atoms with Gasteiger partial charge < -0.3 is 0 Å². The number of hydrogen-bond acceptors (Lipinski definition) is 5. The largest absolute Gasteiger partial charge is 0.243 e. The molecule has 0 amide bonds. The average molecular weight is 706 g/mol. The Labute approximate surface area is 320 Å². The second-order valence-electron chi connectivity index (χ2n) is 13.4. The van der Waals surface area contributed by atoms with Gasteiger partial charge in [0.2, 0.25) is 0 Å². The fourth-order valence-corrected chi connectivity index (χ4v) is 6.87. The Morgan fingerprint density at radius 3 is 0.964 bits per heavy atom. The fourth-order valence-electron chi connectivity index (χ4n) is 6.87. The van der Waals surface area contributed by atoms with Crippen LogP contribution in [-0.4, -0.2) is 24.9 Å². The first-order valence-corrected chi connectivity index (χ1v) is 18.3. The Bertz CT molecular complexity index is 2660. The maximum Gasteiger partial charge on any atom is 0.164 e. The summed E-state index contributed by atoms with van der Waals surface area (Å²) in [7, 11) is 0. The lowest BCUT2D eigenvalue weighted by atomic mass is 9.94. The average Bonchev–Trinajstić information content (AvgIpc) is 3.27. The lowest BCUT2D eigenvalue weighted by Crippen LogP contribution is -2.01. The van der Waals surface area contributed by atoms with Crippen LogP contribution in [0, 0.1) is 6.92 Å². The highest BCUT2D eigenvalue weighted by atomic mass is 15.0. The van der Waals surface area contributed by atoms with Crippen LogP contribution in [0.5, 0.6) is 0 Å².